The first-order valence-corrected chi connectivity index (χ1v) is 4.80. The highest BCUT2D eigenvalue weighted by Crippen LogP contribution is 2.36. The van der Waals surface area contributed by atoms with E-state index in [2.05, 4.69) is 11.4 Å². The molecule has 0 fully saturated rings. The lowest BCUT2D eigenvalue weighted by Crippen LogP contribution is -2.12. The van der Waals surface area contributed by atoms with Crippen LogP contribution in [0.2, 0.25) is 5.02 Å². The molecule has 0 atom stereocenters. The fourth-order valence-electron chi connectivity index (χ4n) is 1.65. The van der Waals surface area contributed by atoms with Crippen LogP contribution in [0.5, 0.6) is 5.75 Å². The van der Waals surface area contributed by atoms with Gasteiger partial charge >= 0.3 is 0 Å². The SMILES string of the molecule is COc1ccc2c(c1Cl)NCCC2. The van der Waals surface area contributed by atoms with Gasteiger partial charge in [0.05, 0.1) is 12.8 Å². The molecule has 0 unspecified atom stereocenters. The van der Waals surface area contributed by atoms with E-state index in [1.165, 1.54) is 12.0 Å². The van der Waals surface area contributed by atoms with Gasteiger partial charge in [-0.15, -0.1) is 0 Å². The second kappa shape index (κ2) is 3.46. The fourth-order valence-corrected chi connectivity index (χ4v) is 1.97. The van der Waals surface area contributed by atoms with E-state index in [-0.39, 0.29) is 0 Å². The van der Waals surface area contributed by atoms with Crippen LogP contribution in [0.25, 0.3) is 0 Å². The molecule has 2 rings (SSSR count). The van der Waals surface area contributed by atoms with Crippen molar-refractivity contribution in [3.8, 4) is 5.75 Å². The molecule has 3 heteroatoms. The van der Waals surface area contributed by atoms with Crippen LogP contribution in [0, 0.1) is 0 Å². The molecule has 1 aromatic carbocycles. The minimum absolute atomic E-state index is 0.708. The number of hydrogen-bond donors (Lipinski definition) is 1. The van der Waals surface area contributed by atoms with Crippen LogP contribution >= 0.6 is 11.6 Å². The summed E-state index contributed by atoms with van der Waals surface area (Å²) in [5.74, 6) is 0.745. The maximum absolute atomic E-state index is 6.14. The summed E-state index contributed by atoms with van der Waals surface area (Å²) in [6, 6.07) is 4.00. The van der Waals surface area contributed by atoms with Crippen molar-refractivity contribution in [2.45, 2.75) is 12.8 Å². The highest BCUT2D eigenvalue weighted by atomic mass is 35.5. The molecular weight excluding hydrogens is 186 g/mol. The van der Waals surface area contributed by atoms with Crippen LogP contribution in [0.3, 0.4) is 0 Å². The quantitative estimate of drug-likeness (QED) is 0.748. The molecule has 1 aromatic rings. The predicted octanol–water partition coefficient (Wildman–Crippen LogP) is 2.71. The number of halogens is 1. The van der Waals surface area contributed by atoms with Crippen LogP contribution in [0.4, 0.5) is 5.69 Å². The van der Waals surface area contributed by atoms with E-state index in [1.54, 1.807) is 7.11 Å². The number of fused-ring (bicyclic) bond motifs is 1. The van der Waals surface area contributed by atoms with Crippen LogP contribution < -0.4 is 10.1 Å². The smallest absolute Gasteiger partial charge is 0.139 e. The molecule has 0 saturated heterocycles. The van der Waals surface area contributed by atoms with Crippen molar-refractivity contribution in [2.24, 2.45) is 0 Å². The van der Waals surface area contributed by atoms with Crippen molar-refractivity contribution >= 4 is 17.3 Å². The zero-order valence-electron chi connectivity index (χ0n) is 7.56. The average Bonchev–Trinajstić information content (AvgIpc) is 2.19. The lowest BCUT2D eigenvalue weighted by molar-refractivity contribution is 0.415. The van der Waals surface area contributed by atoms with E-state index in [9.17, 15) is 0 Å². The molecule has 0 saturated carbocycles. The summed E-state index contributed by atoms with van der Waals surface area (Å²) in [6.07, 6.45) is 2.28. The molecule has 1 aliphatic heterocycles. The summed E-state index contributed by atoms with van der Waals surface area (Å²) in [4.78, 5) is 0. The molecule has 0 aliphatic carbocycles. The van der Waals surface area contributed by atoms with Crippen LogP contribution in [-0.2, 0) is 6.42 Å². The van der Waals surface area contributed by atoms with Crippen molar-refractivity contribution in [2.75, 3.05) is 19.0 Å². The number of aryl methyl sites for hydroxylation is 1. The third-order valence-electron chi connectivity index (χ3n) is 2.34. The molecule has 2 nitrogen and oxygen atoms in total. The lowest BCUT2D eigenvalue weighted by atomic mass is 10.0. The predicted molar refractivity (Wildman–Crippen MR) is 54.8 cm³/mol. The monoisotopic (exact) mass is 197 g/mol. The van der Waals surface area contributed by atoms with Gasteiger partial charge in [0.15, 0.2) is 0 Å². The van der Waals surface area contributed by atoms with Gasteiger partial charge in [-0.05, 0) is 24.5 Å². The topological polar surface area (TPSA) is 21.3 Å². The Balaban J connectivity index is 2.48. The molecular formula is C10H12ClNO. The minimum Gasteiger partial charge on any atom is -0.495 e. The molecule has 0 spiro atoms. The van der Waals surface area contributed by atoms with Crippen LogP contribution in [-0.4, -0.2) is 13.7 Å². The van der Waals surface area contributed by atoms with Crippen molar-refractivity contribution in [3.05, 3.63) is 22.7 Å². The van der Waals surface area contributed by atoms with Crippen molar-refractivity contribution < 1.29 is 4.74 Å². The number of nitrogens with one attached hydrogen (secondary N) is 1. The average molecular weight is 198 g/mol. The molecule has 70 valence electrons. The molecule has 1 heterocycles. The maximum atomic E-state index is 6.14. The van der Waals surface area contributed by atoms with E-state index in [0.29, 0.717) is 5.02 Å². The Bertz CT molecular complexity index is 325. The van der Waals surface area contributed by atoms with Crippen molar-refractivity contribution in [3.63, 3.8) is 0 Å². The number of anilines is 1. The Kier molecular flexibility index (Phi) is 2.32. The fraction of sp³-hybridized carbons (Fsp3) is 0.400. The normalized spacial score (nSPS) is 14.6. The van der Waals surface area contributed by atoms with E-state index in [1.807, 2.05) is 6.07 Å². The van der Waals surface area contributed by atoms with Gasteiger partial charge in [0, 0.05) is 6.54 Å². The summed E-state index contributed by atoms with van der Waals surface area (Å²) in [5.41, 5.74) is 2.34. The van der Waals surface area contributed by atoms with Gasteiger partial charge in [-0.3, -0.25) is 0 Å². The van der Waals surface area contributed by atoms with Gasteiger partial charge in [-0.25, -0.2) is 0 Å². The van der Waals surface area contributed by atoms with Gasteiger partial charge in [0.2, 0.25) is 0 Å². The molecule has 1 N–H and O–H groups in total. The van der Waals surface area contributed by atoms with E-state index >= 15 is 0 Å². The third-order valence-corrected chi connectivity index (χ3v) is 2.71. The van der Waals surface area contributed by atoms with Crippen LogP contribution in [0.1, 0.15) is 12.0 Å². The second-order valence-electron chi connectivity index (χ2n) is 3.15. The standard InChI is InChI=1S/C10H12ClNO/c1-13-8-5-4-7-3-2-6-12-10(7)9(8)11/h4-5,12H,2-3,6H2,1H3. The summed E-state index contributed by atoms with van der Waals surface area (Å²) < 4.78 is 5.14. The molecule has 1 aliphatic rings. The molecule has 13 heavy (non-hydrogen) atoms. The maximum Gasteiger partial charge on any atom is 0.139 e. The lowest BCUT2D eigenvalue weighted by Gasteiger charge is -2.20. The Hall–Kier alpha value is -0.890. The number of rotatable bonds is 1. The summed E-state index contributed by atoms with van der Waals surface area (Å²) in [7, 11) is 1.64. The van der Waals surface area contributed by atoms with E-state index in [4.69, 9.17) is 16.3 Å². The van der Waals surface area contributed by atoms with Crippen molar-refractivity contribution in [1.82, 2.24) is 0 Å². The third kappa shape index (κ3) is 1.46. The summed E-state index contributed by atoms with van der Waals surface area (Å²) >= 11 is 6.14. The van der Waals surface area contributed by atoms with E-state index in [0.717, 1.165) is 24.4 Å². The molecule has 0 bridgehead atoms. The number of methoxy groups -OCH3 is 1. The number of benzene rings is 1. The van der Waals surface area contributed by atoms with Gasteiger partial charge in [0.25, 0.3) is 0 Å². The van der Waals surface area contributed by atoms with E-state index < -0.39 is 0 Å². The molecule has 0 radical (unpaired) electrons. The number of ether oxygens (including phenoxy) is 1. The first-order chi connectivity index (χ1) is 6.33. The Morgan fingerprint density at radius 2 is 2.31 bits per heavy atom. The Morgan fingerprint density at radius 1 is 1.46 bits per heavy atom. The van der Waals surface area contributed by atoms with Gasteiger partial charge in [-0.1, -0.05) is 17.7 Å². The zero-order chi connectivity index (χ0) is 9.26. The van der Waals surface area contributed by atoms with Gasteiger partial charge in [-0.2, -0.15) is 0 Å². The highest BCUT2D eigenvalue weighted by Gasteiger charge is 2.14. The van der Waals surface area contributed by atoms with Crippen molar-refractivity contribution in [1.29, 1.82) is 0 Å². The van der Waals surface area contributed by atoms with Gasteiger partial charge < -0.3 is 10.1 Å². The number of hydrogen-bond acceptors (Lipinski definition) is 2. The summed E-state index contributed by atoms with van der Waals surface area (Å²) in [5, 5.41) is 4.00. The first-order valence-electron chi connectivity index (χ1n) is 4.42. The summed E-state index contributed by atoms with van der Waals surface area (Å²) in [6.45, 7) is 1.000. The Labute approximate surface area is 82.9 Å². The first kappa shape index (κ1) is 8.70. The second-order valence-corrected chi connectivity index (χ2v) is 3.52. The Morgan fingerprint density at radius 3 is 3.08 bits per heavy atom. The molecule has 0 amide bonds. The van der Waals surface area contributed by atoms with Crippen LogP contribution in [0.15, 0.2) is 12.1 Å². The largest absolute Gasteiger partial charge is 0.495 e. The molecule has 0 aromatic heterocycles. The zero-order valence-corrected chi connectivity index (χ0v) is 8.32. The highest BCUT2D eigenvalue weighted by molar-refractivity contribution is 6.34. The minimum atomic E-state index is 0.708. The van der Waals surface area contributed by atoms with Gasteiger partial charge in [0.1, 0.15) is 10.8 Å².